The Morgan fingerprint density at radius 2 is 1.81 bits per heavy atom. The van der Waals surface area contributed by atoms with E-state index in [9.17, 15) is 0 Å². The van der Waals surface area contributed by atoms with Crippen LogP contribution in [0.2, 0.25) is 0 Å². The van der Waals surface area contributed by atoms with Gasteiger partial charge in [0.05, 0.1) is 0 Å². The molecule has 1 saturated carbocycles. The third kappa shape index (κ3) is 5.32. The average Bonchev–Trinajstić information content (AvgIpc) is 3.33. The van der Waals surface area contributed by atoms with Gasteiger partial charge < -0.3 is 10.2 Å². The van der Waals surface area contributed by atoms with Crippen LogP contribution >= 0.6 is 11.8 Å². The molecule has 2 nitrogen and oxygen atoms in total. The number of thioether (sulfide) groups is 1. The zero-order valence-electron chi connectivity index (χ0n) is 13.2. The molecule has 1 aromatic rings. The number of piperidine rings is 1. The minimum atomic E-state index is 0.784. The van der Waals surface area contributed by atoms with E-state index in [4.69, 9.17) is 0 Å². The summed E-state index contributed by atoms with van der Waals surface area (Å²) >= 11 is 1.99. The molecule has 21 heavy (non-hydrogen) atoms. The van der Waals surface area contributed by atoms with E-state index in [0.717, 1.165) is 12.0 Å². The highest BCUT2D eigenvalue weighted by Gasteiger charge is 2.24. The van der Waals surface area contributed by atoms with Crippen molar-refractivity contribution in [3.8, 4) is 0 Å². The lowest BCUT2D eigenvalue weighted by molar-refractivity contribution is 0.207. The van der Waals surface area contributed by atoms with Crippen molar-refractivity contribution in [2.24, 2.45) is 5.92 Å². The van der Waals surface area contributed by atoms with E-state index in [1.807, 2.05) is 11.8 Å². The van der Waals surface area contributed by atoms with Crippen molar-refractivity contribution >= 4 is 11.8 Å². The molecule has 0 aromatic heterocycles. The van der Waals surface area contributed by atoms with Crippen LogP contribution in [0.15, 0.2) is 29.2 Å². The SMILES string of the molecule is Cc1ccc(SCCN2CCC(NCC3CC3)CC2)cc1. The molecule has 3 rings (SSSR count). The quantitative estimate of drug-likeness (QED) is 0.776. The summed E-state index contributed by atoms with van der Waals surface area (Å²) in [6, 6.07) is 9.69. The topological polar surface area (TPSA) is 15.3 Å². The van der Waals surface area contributed by atoms with Gasteiger partial charge in [-0.05, 0) is 70.3 Å². The summed E-state index contributed by atoms with van der Waals surface area (Å²) in [5.74, 6) is 2.22. The number of hydrogen-bond donors (Lipinski definition) is 1. The lowest BCUT2D eigenvalue weighted by Crippen LogP contribution is -2.43. The second-order valence-electron chi connectivity index (χ2n) is 6.63. The molecule has 1 aliphatic carbocycles. The normalized spacial score (nSPS) is 20.8. The molecule has 1 aromatic carbocycles. The molecule has 2 aliphatic rings. The molecule has 0 unspecified atom stereocenters. The predicted molar refractivity (Wildman–Crippen MR) is 92.1 cm³/mol. The molecular weight excluding hydrogens is 276 g/mol. The molecular formula is C18H28N2S. The molecule has 1 heterocycles. The van der Waals surface area contributed by atoms with Gasteiger partial charge in [-0.3, -0.25) is 0 Å². The smallest absolute Gasteiger partial charge is 0.0108 e. The zero-order chi connectivity index (χ0) is 14.5. The van der Waals surface area contributed by atoms with E-state index in [1.165, 1.54) is 68.1 Å². The van der Waals surface area contributed by atoms with Crippen LogP contribution in [0.25, 0.3) is 0 Å². The third-order valence-electron chi connectivity index (χ3n) is 4.68. The Balaban J connectivity index is 1.29. The summed E-state index contributed by atoms with van der Waals surface area (Å²) in [5.41, 5.74) is 1.35. The summed E-state index contributed by atoms with van der Waals surface area (Å²) in [5, 5.41) is 3.76. The van der Waals surface area contributed by atoms with E-state index in [-0.39, 0.29) is 0 Å². The molecule has 0 spiro atoms. The minimum Gasteiger partial charge on any atom is -0.314 e. The third-order valence-corrected chi connectivity index (χ3v) is 5.67. The van der Waals surface area contributed by atoms with E-state index < -0.39 is 0 Å². The van der Waals surface area contributed by atoms with Crippen molar-refractivity contribution in [1.29, 1.82) is 0 Å². The molecule has 0 amide bonds. The molecule has 0 bridgehead atoms. The molecule has 1 N–H and O–H groups in total. The summed E-state index contributed by atoms with van der Waals surface area (Å²) in [6.07, 6.45) is 5.59. The van der Waals surface area contributed by atoms with Crippen LogP contribution in [0.3, 0.4) is 0 Å². The summed E-state index contributed by atoms with van der Waals surface area (Å²) in [4.78, 5) is 4.04. The number of hydrogen-bond acceptors (Lipinski definition) is 3. The minimum absolute atomic E-state index is 0.784. The number of likely N-dealkylation sites (tertiary alicyclic amines) is 1. The fourth-order valence-electron chi connectivity index (χ4n) is 2.94. The van der Waals surface area contributed by atoms with Gasteiger partial charge in [-0.25, -0.2) is 0 Å². The van der Waals surface area contributed by atoms with Gasteiger partial charge in [0.25, 0.3) is 0 Å². The Bertz CT molecular complexity index is 419. The maximum Gasteiger partial charge on any atom is 0.0108 e. The molecule has 3 heteroatoms. The standard InChI is InChI=1S/C18H28N2S/c1-15-2-6-18(7-3-15)21-13-12-20-10-8-17(9-11-20)19-14-16-4-5-16/h2-3,6-7,16-17,19H,4-5,8-14H2,1H3. The highest BCUT2D eigenvalue weighted by atomic mass is 32.2. The van der Waals surface area contributed by atoms with E-state index in [1.54, 1.807) is 0 Å². The van der Waals surface area contributed by atoms with Gasteiger partial charge in [-0.2, -0.15) is 0 Å². The highest BCUT2D eigenvalue weighted by Crippen LogP contribution is 2.28. The molecule has 116 valence electrons. The van der Waals surface area contributed by atoms with Crippen molar-refractivity contribution < 1.29 is 0 Å². The average molecular weight is 305 g/mol. The van der Waals surface area contributed by atoms with Crippen molar-refractivity contribution in [3.05, 3.63) is 29.8 Å². The Hall–Kier alpha value is -0.510. The Morgan fingerprint density at radius 1 is 1.10 bits per heavy atom. The van der Waals surface area contributed by atoms with Gasteiger partial charge in [0, 0.05) is 23.2 Å². The van der Waals surface area contributed by atoms with Crippen LogP contribution in [-0.2, 0) is 0 Å². The Morgan fingerprint density at radius 3 is 2.48 bits per heavy atom. The van der Waals surface area contributed by atoms with Gasteiger partial charge in [0.1, 0.15) is 0 Å². The summed E-state index contributed by atoms with van der Waals surface area (Å²) in [7, 11) is 0. The van der Waals surface area contributed by atoms with Crippen LogP contribution in [0.5, 0.6) is 0 Å². The summed E-state index contributed by atoms with van der Waals surface area (Å²) < 4.78 is 0. The maximum atomic E-state index is 3.76. The van der Waals surface area contributed by atoms with Crippen molar-refractivity contribution in [2.75, 3.05) is 31.9 Å². The lowest BCUT2D eigenvalue weighted by Gasteiger charge is -2.32. The second kappa shape index (κ2) is 7.66. The first-order valence-corrected chi connectivity index (χ1v) is 9.43. The molecule has 1 saturated heterocycles. The van der Waals surface area contributed by atoms with Crippen LogP contribution < -0.4 is 5.32 Å². The van der Waals surface area contributed by atoms with E-state index >= 15 is 0 Å². The van der Waals surface area contributed by atoms with Gasteiger partial charge in [0.2, 0.25) is 0 Å². The molecule has 2 fully saturated rings. The first kappa shape index (κ1) is 15.4. The van der Waals surface area contributed by atoms with Crippen LogP contribution in [0.4, 0.5) is 0 Å². The van der Waals surface area contributed by atoms with E-state index in [2.05, 4.69) is 41.4 Å². The van der Waals surface area contributed by atoms with Crippen molar-refractivity contribution in [3.63, 3.8) is 0 Å². The molecule has 0 radical (unpaired) electrons. The fourth-order valence-corrected chi connectivity index (χ4v) is 3.86. The van der Waals surface area contributed by atoms with Gasteiger partial charge in [0.15, 0.2) is 0 Å². The number of rotatable bonds is 7. The Labute approximate surface area is 133 Å². The zero-order valence-corrected chi connectivity index (χ0v) is 14.0. The van der Waals surface area contributed by atoms with Gasteiger partial charge in [-0.1, -0.05) is 17.7 Å². The maximum absolute atomic E-state index is 3.76. The first-order chi connectivity index (χ1) is 10.3. The molecule has 1 aliphatic heterocycles. The number of nitrogens with zero attached hydrogens (tertiary/aromatic N) is 1. The first-order valence-electron chi connectivity index (χ1n) is 8.45. The number of benzene rings is 1. The molecule has 0 atom stereocenters. The van der Waals surface area contributed by atoms with Crippen LogP contribution in [0.1, 0.15) is 31.2 Å². The van der Waals surface area contributed by atoms with Gasteiger partial charge in [-0.15, -0.1) is 11.8 Å². The fraction of sp³-hybridized carbons (Fsp3) is 0.667. The van der Waals surface area contributed by atoms with Crippen LogP contribution in [-0.4, -0.2) is 42.9 Å². The Kier molecular flexibility index (Phi) is 5.61. The van der Waals surface area contributed by atoms with Crippen molar-refractivity contribution in [2.45, 2.75) is 43.5 Å². The number of nitrogens with one attached hydrogen (secondary N) is 1. The lowest BCUT2D eigenvalue weighted by atomic mass is 10.1. The monoisotopic (exact) mass is 304 g/mol. The highest BCUT2D eigenvalue weighted by molar-refractivity contribution is 7.99. The summed E-state index contributed by atoms with van der Waals surface area (Å²) in [6.45, 7) is 7.20. The second-order valence-corrected chi connectivity index (χ2v) is 7.80. The van der Waals surface area contributed by atoms with E-state index in [0.29, 0.717) is 0 Å². The number of aryl methyl sites for hydroxylation is 1. The van der Waals surface area contributed by atoms with Crippen LogP contribution in [0, 0.1) is 12.8 Å². The van der Waals surface area contributed by atoms with Gasteiger partial charge >= 0.3 is 0 Å². The largest absolute Gasteiger partial charge is 0.314 e. The predicted octanol–water partition coefficient (Wildman–Crippen LogP) is 3.55. The van der Waals surface area contributed by atoms with Crippen molar-refractivity contribution in [1.82, 2.24) is 10.2 Å².